The monoisotopic (exact) mass is 387 g/mol. The summed E-state index contributed by atoms with van der Waals surface area (Å²) in [6.07, 6.45) is 1.95. The predicted molar refractivity (Wildman–Crippen MR) is 107 cm³/mol. The van der Waals surface area contributed by atoms with Crippen molar-refractivity contribution >= 4 is 28.5 Å². The number of hydrogen-bond acceptors (Lipinski definition) is 3. The Kier molecular flexibility index (Phi) is 4.95. The molecule has 150 valence electrons. The number of hydrogen-bond donors (Lipinski definition) is 3. The van der Waals surface area contributed by atoms with Gasteiger partial charge in [0, 0.05) is 35.0 Å². The highest BCUT2D eigenvalue weighted by Gasteiger charge is 2.28. The normalized spacial score (nSPS) is 16.9. The number of amides is 2. The van der Waals surface area contributed by atoms with Gasteiger partial charge in [-0.3, -0.25) is 4.79 Å². The van der Waals surface area contributed by atoms with Crippen LogP contribution >= 0.6 is 0 Å². The van der Waals surface area contributed by atoms with Gasteiger partial charge < -0.3 is 20.8 Å². The fraction of sp³-hybridized carbons (Fsp3) is 0.429. The minimum atomic E-state index is -0.683. The van der Waals surface area contributed by atoms with Crippen LogP contribution in [0.2, 0.25) is 0 Å². The minimum absolute atomic E-state index is 0.128. The van der Waals surface area contributed by atoms with Crippen LogP contribution in [0, 0.1) is 19.7 Å². The zero-order chi connectivity index (χ0) is 20.8. The van der Waals surface area contributed by atoms with Gasteiger partial charge in [0.25, 0.3) is 5.91 Å². The second kappa shape index (κ2) is 6.96. The van der Waals surface area contributed by atoms with Crippen LogP contribution in [0.5, 0.6) is 0 Å². The number of primary amides is 1. The van der Waals surface area contributed by atoms with Gasteiger partial charge in [-0.15, -0.1) is 0 Å². The molecular weight excluding hydrogens is 361 g/mol. The molecule has 0 saturated carbocycles. The van der Waals surface area contributed by atoms with E-state index >= 15 is 4.39 Å². The summed E-state index contributed by atoms with van der Waals surface area (Å²) in [4.78, 5) is 26.9. The van der Waals surface area contributed by atoms with Gasteiger partial charge >= 0.3 is 6.09 Å². The molecule has 0 fully saturated rings. The van der Waals surface area contributed by atoms with Gasteiger partial charge in [-0.1, -0.05) is 6.08 Å². The number of nitrogens with one attached hydrogen (secondary N) is 2. The van der Waals surface area contributed by atoms with E-state index in [1.54, 1.807) is 0 Å². The Morgan fingerprint density at radius 1 is 1.32 bits per heavy atom. The fourth-order valence-electron chi connectivity index (χ4n) is 3.60. The number of ether oxygens (including phenoxy) is 1. The van der Waals surface area contributed by atoms with Crippen molar-refractivity contribution in [1.82, 2.24) is 10.3 Å². The van der Waals surface area contributed by atoms with Crippen LogP contribution in [0.3, 0.4) is 0 Å². The van der Waals surface area contributed by atoms with Crippen molar-refractivity contribution < 1.29 is 18.7 Å². The third-order valence-corrected chi connectivity index (χ3v) is 4.94. The molecule has 28 heavy (non-hydrogen) atoms. The van der Waals surface area contributed by atoms with Gasteiger partial charge in [0.2, 0.25) is 0 Å². The quantitative estimate of drug-likeness (QED) is 0.740. The Hall–Kier alpha value is -2.83. The van der Waals surface area contributed by atoms with Crippen LogP contribution in [-0.2, 0) is 4.74 Å². The van der Waals surface area contributed by atoms with Gasteiger partial charge in [-0.05, 0) is 51.8 Å². The molecule has 1 heterocycles. The lowest BCUT2D eigenvalue weighted by Crippen LogP contribution is -2.42. The van der Waals surface area contributed by atoms with E-state index in [9.17, 15) is 9.59 Å². The van der Waals surface area contributed by atoms with Crippen molar-refractivity contribution in [2.24, 2.45) is 5.73 Å². The van der Waals surface area contributed by atoms with Crippen molar-refractivity contribution in [3.05, 3.63) is 40.3 Å². The van der Waals surface area contributed by atoms with Crippen molar-refractivity contribution in [3.63, 3.8) is 0 Å². The molecule has 0 unspecified atom stereocenters. The van der Waals surface area contributed by atoms with Gasteiger partial charge in [0.1, 0.15) is 11.9 Å². The van der Waals surface area contributed by atoms with Crippen LogP contribution in [0.25, 0.3) is 16.5 Å². The molecule has 7 heteroatoms. The molecule has 2 aromatic rings. The second-order valence-corrected chi connectivity index (χ2v) is 8.34. The van der Waals surface area contributed by atoms with E-state index in [2.05, 4.69) is 10.3 Å². The van der Waals surface area contributed by atoms with Crippen LogP contribution in [0.15, 0.2) is 12.1 Å². The first-order valence-corrected chi connectivity index (χ1v) is 9.27. The van der Waals surface area contributed by atoms with Gasteiger partial charge in [0.05, 0.1) is 11.1 Å². The summed E-state index contributed by atoms with van der Waals surface area (Å²) in [5.41, 5.74) is 8.61. The smallest absolute Gasteiger partial charge is 0.407 e. The highest BCUT2D eigenvalue weighted by molar-refractivity contribution is 6.09. The molecule has 6 nitrogen and oxygen atoms in total. The lowest BCUT2D eigenvalue weighted by atomic mass is 9.95. The Bertz CT molecular complexity index is 999. The standard InChI is InChI=1S/C21H26FN3O3/c1-10-11(2)24-18-14(19(23)26)9-15(22)17(16(10)18)12-6-7-13(8-12)28-20(27)25-21(3,4)5/h6,9,13,24H,7-8H2,1-5H3,(H2,23,26)(H,25,27)/t13-/m1/s1. The molecule has 1 aliphatic rings. The molecule has 1 aromatic carbocycles. The summed E-state index contributed by atoms with van der Waals surface area (Å²) in [7, 11) is 0. The number of fused-ring (bicyclic) bond motifs is 1. The molecule has 4 N–H and O–H groups in total. The molecule has 3 rings (SSSR count). The number of aryl methyl sites for hydroxylation is 2. The zero-order valence-corrected chi connectivity index (χ0v) is 16.8. The number of aromatic amines is 1. The predicted octanol–water partition coefficient (Wildman–Crippen LogP) is 4.09. The van der Waals surface area contributed by atoms with Gasteiger partial charge in [0.15, 0.2) is 0 Å². The van der Waals surface area contributed by atoms with E-state index in [1.807, 2.05) is 40.7 Å². The van der Waals surface area contributed by atoms with E-state index < -0.39 is 23.4 Å². The molecule has 0 aliphatic heterocycles. The van der Waals surface area contributed by atoms with E-state index in [4.69, 9.17) is 10.5 Å². The number of benzene rings is 1. The van der Waals surface area contributed by atoms with Gasteiger partial charge in [-0.2, -0.15) is 0 Å². The van der Waals surface area contributed by atoms with Crippen LogP contribution in [-0.4, -0.2) is 28.6 Å². The summed E-state index contributed by atoms with van der Waals surface area (Å²) in [6.45, 7) is 9.36. The maximum absolute atomic E-state index is 15.0. The lowest BCUT2D eigenvalue weighted by molar-refractivity contribution is 0.0975. The molecule has 1 aliphatic carbocycles. The molecular formula is C21H26FN3O3. The average molecular weight is 387 g/mol. The number of carbonyl (C=O) groups excluding carboxylic acids is 2. The number of aromatic nitrogens is 1. The Balaban J connectivity index is 1.93. The largest absolute Gasteiger partial charge is 0.446 e. The van der Waals surface area contributed by atoms with E-state index in [0.717, 1.165) is 16.8 Å². The molecule has 0 spiro atoms. The minimum Gasteiger partial charge on any atom is -0.446 e. The summed E-state index contributed by atoms with van der Waals surface area (Å²) in [5, 5.41) is 3.41. The summed E-state index contributed by atoms with van der Waals surface area (Å²) in [5.74, 6) is -1.19. The number of halogens is 1. The number of carbonyl (C=O) groups is 2. The first kappa shape index (κ1) is 19.9. The molecule has 0 saturated heterocycles. The third-order valence-electron chi connectivity index (χ3n) is 4.94. The first-order valence-electron chi connectivity index (χ1n) is 9.27. The topological polar surface area (TPSA) is 97.2 Å². The SMILES string of the molecule is Cc1[nH]c2c(C(N)=O)cc(F)c(C3=CC[C@@H](OC(=O)NC(C)(C)C)C3)c2c1C. The maximum Gasteiger partial charge on any atom is 0.407 e. The maximum atomic E-state index is 15.0. The Morgan fingerprint density at radius 2 is 2.00 bits per heavy atom. The number of nitrogens with two attached hydrogens (primary N) is 1. The van der Waals surface area contributed by atoms with Crippen LogP contribution in [0.1, 0.15) is 60.8 Å². The molecule has 1 atom stereocenters. The van der Waals surface area contributed by atoms with E-state index in [1.165, 1.54) is 6.07 Å². The van der Waals surface area contributed by atoms with Crippen molar-refractivity contribution in [2.45, 2.75) is 59.1 Å². The van der Waals surface area contributed by atoms with Crippen molar-refractivity contribution in [2.75, 3.05) is 0 Å². The van der Waals surface area contributed by atoms with Gasteiger partial charge in [-0.25, -0.2) is 9.18 Å². The summed E-state index contributed by atoms with van der Waals surface area (Å²) in [6, 6.07) is 1.18. The van der Waals surface area contributed by atoms with Crippen LogP contribution < -0.4 is 11.1 Å². The third kappa shape index (κ3) is 3.74. The Morgan fingerprint density at radius 3 is 2.61 bits per heavy atom. The molecule has 0 radical (unpaired) electrons. The lowest BCUT2D eigenvalue weighted by Gasteiger charge is -2.22. The molecule has 2 amide bonds. The second-order valence-electron chi connectivity index (χ2n) is 8.34. The van der Waals surface area contributed by atoms with Crippen molar-refractivity contribution in [1.29, 1.82) is 0 Å². The zero-order valence-electron chi connectivity index (χ0n) is 16.8. The Labute approximate surface area is 163 Å². The average Bonchev–Trinajstić information content (AvgIpc) is 3.11. The van der Waals surface area contributed by atoms with Crippen molar-refractivity contribution in [3.8, 4) is 0 Å². The molecule has 1 aromatic heterocycles. The first-order chi connectivity index (χ1) is 13.0. The fourth-order valence-corrected chi connectivity index (χ4v) is 3.60. The van der Waals surface area contributed by atoms with E-state index in [-0.39, 0.29) is 11.7 Å². The number of alkyl carbamates (subject to hydrolysis) is 1. The number of H-pyrrole nitrogens is 1. The highest BCUT2D eigenvalue weighted by atomic mass is 19.1. The molecule has 0 bridgehead atoms. The van der Waals surface area contributed by atoms with E-state index in [0.29, 0.717) is 29.3 Å². The highest BCUT2D eigenvalue weighted by Crippen LogP contribution is 2.39. The number of rotatable bonds is 3. The summed E-state index contributed by atoms with van der Waals surface area (Å²) < 4.78 is 20.5. The summed E-state index contributed by atoms with van der Waals surface area (Å²) >= 11 is 0. The van der Waals surface area contributed by atoms with Crippen LogP contribution in [0.4, 0.5) is 9.18 Å².